The lowest BCUT2D eigenvalue weighted by Gasteiger charge is -2.40. The largest absolute Gasteiger partial charge is 0.479 e. The van der Waals surface area contributed by atoms with Gasteiger partial charge in [0.05, 0.1) is 6.10 Å². The van der Waals surface area contributed by atoms with Gasteiger partial charge in [0.1, 0.15) is 6.10 Å². The fraction of sp³-hybridized carbons (Fsp3) is 0.556. The van der Waals surface area contributed by atoms with Crippen LogP contribution in [0.15, 0.2) is 30.3 Å². The van der Waals surface area contributed by atoms with Gasteiger partial charge in [-0.15, -0.1) is 0 Å². The zero-order valence-electron chi connectivity index (χ0n) is 13.6. The summed E-state index contributed by atoms with van der Waals surface area (Å²) in [5.74, 6) is -1.10. The second kappa shape index (κ2) is 7.77. The normalized spacial score (nSPS) is 23.9. The molecule has 2 heterocycles. The smallest absolute Gasteiger partial charge is 0.332 e. The molecule has 0 unspecified atom stereocenters. The number of carbonyl (C=O) groups is 2. The van der Waals surface area contributed by atoms with Crippen LogP contribution in [0.5, 0.6) is 0 Å². The Hall–Kier alpha value is -1.92. The van der Waals surface area contributed by atoms with Crippen LogP contribution in [-0.4, -0.2) is 59.9 Å². The second-order valence-electron chi connectivity index (χ2n) is 6.35. The van der Waals surface area contributed by atoms with E-state index in [-0.39, 0.29) is 12.0 Å². The predicted octanol–water partition coefficient (Wildman–Crippen LogP) is 1.48. The molecule has 2 fully saturated rings. The summed E-state index contributed by atoms with van der Waals surface area (Å²) in [6.07, 6.45) is 1.47. The van der Waals surface area contributed by atoms with Gasteiger partial charge >= 0.3 is 5.97 Å². The first-order valence-electron chi connectivity index (χ1n) is 8.46. The number of hydrogen-bond donors (Lipinski definition) is 1. The molecule has 1 aromatic rings. The molecule has 1 aromatic carbocycles. The highest BCUT2D eigenvalue weighted by Gasteiger charge is 2.40. The monoisotopic (exact) mass is 333 g/mol. The fourth-order valence-corrected chi connectivity index (χ4v) is 3.10. The number of benzene rings is 1. The van der Waals surface area contributed by atoms with Crippen LogP contribution in [0, 0.1) is 0 Å². The Morgan fingerprint density at radius 3 is 2.54 bits per heavy atom. The maximum atomic E-state index is 12.2. The van der Waals surface area contributed by atoms with Crippen molar-refractivity contribution >= 4 is 11.9 Å². The molecule has 0 aliphatic carbocycles. The van der Waals surface area contributed by atoms with E-state index in [0.29, 0.717) is 32.5 Å². The van der Waals surface area contributed by atoms with Crippen molar-refractivity contribution < 1.29 is 24.2 Å². The van der Waals surface area contributed by atoms with Crippen molar-refractivity contribution in [3.63, 3.8) is 0 Å². The molecule has 130 valence electrons. The van der Waals surface area contributed by atoms with E-state index in [0.717, 1.165) is 12.8 Å². The molecular weight excluding hydrogens is 310 g/mol. The quantitative estimate of drug-likeness (QED) is 0.765. The zero-order valence-corrected chi connectivity index (χ0v) is 13.6. The fourth-order valence-electron chi connectivity index (χ4n) is 3.10. The molecule has 1 amide bonds. The molecular formula is C18H23NO5. The molecule has 6 nitrogen and oxygen atoms in total. The van der Waals surface area contributed by atoms with Crippen LogP contribution in [-0.2, 0) is 25.5 Å². The highest BCUT2D eigenvalue weighted by atomic mass is 16.5. The van der Waals surface area contributed by atoms with Crippen molar-refractivity contribution in [3.05, 3.63) is 35.9 Å². The van der Waals surface area contributed by atoms with E-state index < -0.39 is 18.2 Å². The van der Waals surface area contributed by atoms with E-state index in [4.69, 9.17) is 14.6 Å². The molecule has 24 heavy (non-hydrogen) atoms. The van der Waals surface area contributed by atoms with Crippen molar-refractivity contribution in [2.75, 3.05) is 19.7 Å². The first-order valence-corrected chi connectivity index (χ1v) is 8.46. The molecule has 0 spiro atoms. The Balaban J connectivity index is 1.30. The van der Waals surface area contributed by atoms with Crippen molar-refractivity contribution in [2.45, 2.75) is 44.0 Å². The van der Waals surface area contributed by atoms with Gasteiger partial charge in [0.15, 0.2) is 6.10 Å². The van der Waals surface area contributed by atoms with Crippen LogP contribution in [0.2, 0.25) is 0 Å². The van der Waals surface area contributed by atoms with E-state index in [2.05, 4.69) is 12.1 Å². The number of carboxylic acids is 1. The van der Waals surface area contributed by atoms with Crippen LogP contribution in [0.4, 0.5) is 0 Å². The topological polar surface area (TPSA) is 76.1 Å². The maximum absolute atomic E-state index is 12.2. The molecule has 2 saturated heterocycles. The molecule has 0 radical (unpaired) electrons. The van der Waals surface area contributed by atoms with Crippen molar-refractivity contribution in [1.29, 1.82) is 0 Å². The molecule has 0 saturated carbocycles. The first-order chi connectivity index (χ1) is 11.6. The summed E-state index contributed by atoms with van der Waals surface area (Å²) in [4.78, 5) is 24.8. The van der Waals surface area contributed by atoms with E-state index in [9.17, 15) is 9.59 Å². The Kier molecular flexibility index (Phi) is 5.48. The summed E-state index contributed by atoms with van der Waals surface area (Å²) in [6.45, 7) is 1.83. The minimum atomic E-state index is -0.992. The van der Waals surface area contributed by atoms with Crippen LogP contribution < -0.4 is 0 Å². The Labute approximate surface area is 141 Å². The minimum absolute atomic E-state index is 0.0846. The maximum Gasteiger partial charge on any atom is 0.332 e. The van der Waals surface area contributed by atoms with Crippen LogP contribution in [0.1, 0.15) is 24.8 Å². The lowest BCUT2D eigenvalue weighted by Crippen LogP contribution is -2.57. The Morgan fingerprint density at radius 1 is 1.17 bits per heavy atom. The number of aryl methyl sites for hydroxylation is 1. The van der Waals surface area contributed by atoms with E-state index >= 15 is 0 Å². The minimum Gasteiger partial charge on any atom is -0.479 e. The number of amides is 1. The lowest BCUT2D eigenvalue weighted by molar-refractivity contribution is -0.161. The van der Waals surface area contributed by atoms with Gasteiger partial charge < -0.3 is 19.5 Å². The van der Waals surface area contributed by atoms with Gasteiger partial charge in [-0.3, -0.25) is 4.79 Å². The summed E-state index contributed by atoms with van der Waals surface area (Å²) < 4.78 is 11.1. The third-order valence-electron chi connectivity index (χ3n) is 4.54. The molecule has 2 atom stereocenters. The van der Waals surface area contributed by atoms with Gasteiger partial charge in [-0.05, 0) is 31.2 Å². The summed E-state index contributed by atoms with van der Waals surface area (Å²) in [6, 6.07) is 10.3. The number of likely N-dealkylation sites (tertiary alicyclic amines) is 1. The summed E-state index contributed by atoms with van der Waals surface area (Å²) in [5, 5.41) is 8.90. The van der Waals surface area contributed by atoms with Gasteiger partial charge in [-0.2, -0.15) is 0 Å². The first kappa shape index (κ1) is 16.9. The number of rotatable bonds is 7. The average Bonchev–Trinajstić information content (AvgIpc) is 3.04. The Morgan fingerprint density at radius 2 is 1.88 bits per heavy atom. The highest BCUT2D eigenvalue weighted by Crippen LogP contribution is 2.24. The van der Waals surface area contributed by atoms with Gasteiger partial charge in [-0.25, -0.2) is 4.79 Å². The third-order valence-corrected chi connectivity index (χ3v) is 4.54. The molecule has 6 heteroatoms. The van der Waals surface area contributed by atoms with Gasteiger partial charge in [-0.1, -0.05) is 30.3 Å². The second-order valence-corrected chi connectivity index (χ2v) is 6.35. The third kappa shape index (κ3) is 4.13. The highest BCUT2D eigenvalue weighted by molar-refractivity contribution is 5.83. The van der Waals surface area contributed by atoms with Crippen LogP contribution >= 0.6 is 0 Å². The van der Waals surface area contributed by atoms with Crippen LogP contribution in [0.3, 0.4) is 0 Å². The Bertz CT molecular complexity index is 570. The van der Waals surface area contributed by atoms with Crippen LogP contribution in [0.25, 0.3) is 0 Å². The summed E-state index contributed by atoms with van der Waals surface area (Å²) in [5.41, 5.74) is 1.30. The lowest BCUT2D eigenvalue weighted by atomic mass is 10.1. The zero-order chi connectivity index (χ0) is 16.9. The van der Waals surface area contributed by atoms with Gasteiger partial charge in [0.25, 0.3) is 5.91 Å². The van der Waals surface area contributed by atoms with Gasteiger partial charge in [0.2, 0.25) is 0 Å². The molecule has 3 rings (SSSR count). The standard InChI is InChI=1S/C18H23NO5/c20-17(15-8-9-16(24-15)18(21)22)19-11-14(12-19)23-10-4-7-13-5-2-1-3-6-13/h1-3,5-6,14-16H,4,7-12H2,(H,21,22)/t15-,16+/m0/s1. The number of carboxylic acid groups (broad SMARTS) is 1. The molecule has 0 aromatic heterocycles. The number of carbonyl (C=O) groups excluding carboxylic acids is 1. The van der Waals surface area contributed by atoms with Gasteiger partial charge in [0, 0.05) is 19.7 Å². The number of aliphatic carboxylic acids is 1. The van der Waals surface area contributed by atoms with Crippen molar-refractivity contribution in [2.24, 2.45) is 0 Å². The molecule has 2 aliphatic heterocycles. The molecule has 2 aliphatic rings. The van der Waals surface area contributed by atoms with Crippen molar-refractivity contribution in [1.82, 2.24) is 4.90 Å². The average molecular weight is 333 g/mol. The van der Waals surface area contributed by atoms with Crippen molar-refractivity contribution in [3.8, 4) is 0 Å². The number of ether oxygens (including phenoxy) is 2. The molecule has 0 bridgehead atoms. The van der Waals surface area contributed by atoms with E-state index in [1.54, 1.807) is 4.90 Å². The summed E-state index contributed by atoms with van der Waals surface area (Å²) >= 11 is 0. The molecule has 1 N–H and O–H groups in total. The summed E-state index contributed by atoms with van der Waals surface area (Å²) in [7, 11) is 0. The van der Waals surface area contributed by atoms with E-state index in [1.165, 1.54) is 5.56 Å². The number of hydrogen-bond acceptors (Lipinski definition) is 4. The van der Waals surface area contributed by atoms with E-state index in [1.807, 2.05) is 18.2 Å². The SMILES string of the molecule is O=C(O)[C@H]1CC[C@@H](C(=O)N2CC(OCCCc3ccccc3)C2)O1. The predicted molar refractivity (Wildman–Crippen MR) is 86.6 cm³/mol. The number of nitrogens with zero attached hydrogens (tertiary/aromatic N) is 1.